The molecule has 0 saturated carbocycles. The number of carbonyl (C=O) groups is 1. The molecule has 0 bridgehead atoms. The Kier molecular flexibility index (Phi) is 3.94. The third-order valence-electron chi connectivity index (χ3n) is 3.51. The number of nitriles is 1. The van der Waals surface area contributed by atoms with Crippen molar-refractivity contribution >= 4 is 16.9 Å². The summed E-state index contributed by atoms with van der Waals surface area (Å²) in [5.41, 5.74) is 1.07. The van der Waals surface area contributed by atoms with Gasteiger partial charge in [0.2, 0.25) is 0 Å². The first-order valence-corrected chi connectivity index (χ1v) is 6.58. The topological polar surface area (TPSA) is 78.7 Å². The van der Waals surface area contributed by atoms with Gasteiger partial charge in [0.15, 0.2) is 0 Å². The van der Waals surface area contributed by atoms with Gasteiger partial charge in [0.25, 0.3) is 5.91 Å². The summed E-state index contributed by atoms with van der Waals surface area (Å²) in [5.74, 6) is -0.261. The largest absolute Gasteiger partial charge is 0.334 e. The molecule has 5 heteroatoms. The fraction of sp³-hybridized carbons (Fsp3) is 0.333. The number of benzene rings is 1. The minimum atomic E-state index is -0.811. The zero-order valence-electron chi connectivity index (χ0n) is 11.6. The summed E-state index contributed by atoms with van der Waals surface area (Å²) in [7, 11) is 0. The first-order valence-electron chi connectivity index (χ1n) is 6.58. The molecule has 0 aliphatic carbocycles. The molecule has 5 nitrogen and oxygen atoms in total. The maximum Gasteiger partial charge on any atom is 0.252 e. The number of carbonyl (C=O) groups excluding carboxylic acids is 1. The Balaban J connectivity index is 2.30. The molecule has 1 aromatic heterocycles. The number of amides is 1. The van der Waals surface area contributed by atoms with Crippen LogP contribution in [-0.2, 0) is 0 Å². The lowest BCUT2D eigenvalue weighted by Gasteiger charge is -2.24. The maximum atomic E-state index is 12.3. The molecule has 2 rings (SSSR count). The van der Waals surface area contributed by atoms with Gasteiger partial charge in [0.1, 0.15) is 5.54 Å². The van der Waals surface area contributed by atoms with E-state index in [1.165, 1.54) is 0 Å². The van der Waals surface area contributed by atoms with E-state index >= 15 is 0 Å². The van der Waals surface area contributed by atoms with Crippen LogP contribution in [0.1, 0.15) is 37.0 Å². The van der Waals surface area contributed by atoms with Crippen LogP contribution < -0.4 is 5.32 Å². The molecule has 0 spiro atoms. The number of aromatic nitrogens is 2. The zero-order valence-corrected chi connectivity index (χ0v) is 11.6. The van der Waals surface area contributed by atoms with Gasteiger partial charge >= 0.3 is 0 Å². The monoisotopic (exact) mass is 268 g/mol. The Morgan fingerprint density at radius 2 is 1.90 bits per heavy atom. The van der Waals surface area contributed by atoms with Crippen LogP contribution in [0.4, 0.5) is 0 Å². The Labute approximate surface area is 117 Å². The summed E-state index contributed by atoms with van der Waals surface area (Å²) >= 11 is 0. The second kappa shape index (κ2) is 5.66. The summed E-state index contributed by atoms with van der Waals surface area (Å²) in [6.45, 7) is 3.78. The second-order valence-electron chi connectivity index (χ2n) is 4.61. The molecular weight excluding hydrogens is 252 g/mol. The molecule has 102 valence electrons. The Morgan fingerprint density at radius 3 is 2.50 bits per heavy atom. The average molecular weight is 268 g/mol. The van der Waals surface area contributed by atoms with Gasteiger partial charge in [-0.3, -0.25) is 14.8 Å². The highest BCUT2D eigenvalue weighted by Crippen LogP contribution is 2.16. The highest BCUT2D eigenvalue weighted by atomic mass is 16.1. The number of hydrogen-bond donors (Lipinski definition) is 1. The normalized spacial score (nSPS) is 11.1. The summed E-state index contributed by atoms with van der Waals surface area (Å²) < 4.78 is 0. The van der Waals surface area contributed by atoms with Crippen molar-refractivity contribution in [2.75, 3.05) is 0 Å². The van der Waals surface area contributed by atoms with Gasteiger partial charge in [0.05, 0.1) is 17.1 Å². The van der Waals surface area contributed by atoms with E-state index in [4.69, 9.17) is 0 Å². The fourth-order valence-corrected chi connectivity index (χ4v) is 2.01. The maximum absolute atomic E-state index is 12.3. The highest BCUT2D eigenvalue weighted by Gasteiger charge is 2.28. The number of fused-ring (bicyclic) bond motifs is 1. The lowest BCUT2D eigenvalue weighted by Crippen LogP contribution is -2.46. The molecule has 0 unspecified atom stereocenters. The summed E-state index contributed by atoms with van der Waals surface area (Å²) in [6, 6.07) is 7.33. The number of hydrogen-bond acceptors (Lipinski definition) is 4. The molecule has 0 aliphatic rings. The highest BCUT2D eigenvalue weighted by molar-refractivity contribution is 5.97. The first kappa shape index (κ1) is 13.9. The molecule has 0 saturated heterocycles. The molecule has 1 aromatic carbocycles. The summed E-state index contributed by atoms with van der Waals surface area (Å²) in [6.07, 6.45) is 4.33. The average Bonchev–Trinajstić information content (AvgIpc) is 2.52. The van der Waals surface area contributed by atoms with E-state index in [9.17, 15) is 10.1 Å². The van der Waals surface area contributed by atoms with Crippen LogP contribution in [0.2, 0.25) is 0 Å². The van der Waals surface area contributed by atoms with Crippen molar-refractivity contribution in [3.63, 3.8) is 0 Å². The van der Waals surface area contributed by atoms with Crippen LogP contribution in [-0.4, -0.2) is 21.4 Å². The fourth-order valence-electron chi connectivity index (χ4n) is 2.01. The second-order valence-corrected chi connectivity index (χ2v) is 4.61. The predicted molar refractivity (Wildman–Crippen MR) is 75.9 cm³/mol. The Morgan fingerprint density at radius 1 is 1.25 bits per heavy atom. The SMILES string of the molecule is CCC(C#N)(CC)NC(=O)c1ccc2nccnc2c1. The van der Waals surface area contributed by atoms with Gasteiger partial charge in [-0.2, -0.15) is 5.26 Å². The first-order chi connectivity index (χ1) is 9.64. The third kappa shape index (κ3) is 2.59. The smallest absolute Gasteiger partial charge is 0.252 e. The van der Waals surface area contributed by atoms with Crippen molar-refractivity contribution in [1.82, 2.24) is 15.3 Å². The zero-order chi connectivity index (χ0) is 14.6. The summed E-state index contributed by atoms with van der Waals surface area (Å²) in [4.78, 5) is 20.6. The molecule has 0 atom stereocenters. The van der Waals surface area contributed by atoms with E-state index in [1.54, 1.807) is 30.6 Å². The van der Waals surface area contributed by atoms with Crippen molar-refractivity contribution in [3.05, 3.63) is 36.2 Å². The van der Waals surface area contributed by atoms with Crippen molar-refractivity contribution < 1.29 is 4.79 Å². The van der Waals surface area contributed by atoms with Gasteiger partial charge < -0.3 is 5.32 Å². The van der Waals surface area contributed by atoms with E-state index in [0.717, 1.165) is 5.52 Å². The Hall–Kier alpha value is -2.48. The molecule has 20 heavy (non-hydrogen) atoms. The van der Waals surface area contributed by atoms with Gasteiger partial charge in [-0.05, 0) is 31.0 Å². The van der Waals surface area contributed by atoms with Gasteiger partial charge in [-0.1, -0.05) is 13.8 Å². The predicted octanol–water partition coefficient (Wildman–Crippen LogP) is 2.44. The van der Waals surface area contributed by atoms with Crippen molar-refractivity contribution in [2.24, 2.45) is 0 Å². The molecule has 0 aliphatic heterocycles. The molecule has 0 radical (unpaired) electrons. The Bertz CT molecular complexity index is 671. The lowest BCUT2D eigenvalue weighted by molar-refractivity contribution is 0.0915. The van der Waals surface area contributed by atoms with Crippen LogP contribution in [0.3, 0.4) is 0 Å². The lowest BCUT2D eigenvalue weighted by atomic mass is 9.94. The minimum absolute atomic E-state index is 0.261. The minimum Gasteiger partial charge on any atom is -0.334 e. The van der Waals surface area contributed by atoms with Crippen LogP contribution in [0.15, 0.2) is 30.6 Å². The van der Waals surface area contributed by atoms with E-state index in [1.807, 2.05) is 13.8 Å². The quantitative estimate of drug-likeness (QED) is 0.923. The van der Waals surface area contributed by atoms with E-state index in [2.05, 4.69) is 21.4 Å². The molecular formula is C15H16N4O. The van der Waals surface area contributed by atoms with Crippen LogP contribution in [0.25, 0.3) is 11.0 Å². The molecule has 2 aromatic rings. The number of rotatable bonds is 4. The van der Waals surface area contributed by atoms with Gasteiger partial charge in [0, 0.05) is 18.0 Å². The summed E-state index contributed by atoms with van der Waals surface area (Å²) in [5, 5.41) is 12.1. The molecule has 0 fully saturated rings. The number of nitrogens with one attached hydrogen (secondary N) is 1. The van der Waals surface area contributed by atoms with Crippen LogP contribution in [0, 0.1) is 11.3 Å². The molecule has 1 amide bonds. The van der Waals surface area contributed by atoms with Crippen molar-refractivity contribution in [2.45, 2.75) is 32.2 Å². The van der Waals surface area contributed by atoms with Gasteiger partial charge in [-0.25, -0.2) is 0 Å². The van der Waals surface area contributed by atoms with E-state index in [-0.39, 0.29) is 5.91 Å². The standard InChI is InChI=1S/C15H16N4O/c1-3-15(4-2,10-16)19-14(20)11-5-6-12-13(9-11)18-8-7-17-12/h5-9H,3-4H2,1-2H3,(H,19,20). The third-order valence-corrected chi connectivity index (χ3v) is 3.51. The molecule has 1 N–H and O–H groups in total. The molecule has 1 heterocycles. The number of nitrogens with zero attached hydrogens (tertiary/aromatic N) is 3. The van der Waals surface area contributed by atoms with Crippen LogP contribution in [0.5, 0.6) is 0 Å². The van der Waals surface area contributed by atoms with Crippen molar-refractivity contribution in [3.8, 4) is 6.07 Å². The van der Waals surface area contributed by atoms with Crippen LogP contribution >= 0.6 is 0 Å². The van der Waals surface area contributed by atoms with E-state index < -0.39 is 5.54 Å². The van der Waals surface area contributed by atoms with Gasteiger partial charge in [-0.15, -0.1) is 0 Å². The van der Waals surface area contributed by atoms with Crippen molar-refractivity contribution in [1.29, 1.82) is 5.26 Å². The van der Waals surface area contributed by atoms with E-state index in [0.29, 0.717) is 23.9 Å².